The number of carbonyl (C=O) groups excluding carboxylic acids is 1. The van der Waals surface area contributed by atoms with E-state index in [1.807, 2.05) is 28.9 Å². The van der Waals surface area contributed by atoms with Gasteiger partial charge in [-0.2, -0.15) is 5.10 Å². The van der Waals surface area contributed by atoms with Gasteiger partial charge in [0.2, 0.25) is 0 Å². The molecular formula is C24H30ClN3O. The van der Waals surface area contributed by atoms with Crippen LogP contribution in [0.1, 0.15) is 74.6 Å². The molecule has 29 heavy (non-hydrogen) atoms. The number of aromatic nitrogens is 2. The first-order chi connectivity index (χ1) is 13.8. The maximum Gasteiger partial charge on any atom is 0.272 e. The van der Waals surface area contributed by atoms with Gasteiger partial charge in [0, 0.05) is 22.3 Å². The van der Waals surface area contributed by atoms with E-state index in [2.05, 4.69) is 26.1 Å². The minimum atomic E-state index is 0.00251. The SMILES string of the molecule is CC12CCC(C1)C(C)(C)C2NC(=O)c1nn(-c2ccc(Cl)cc2)c2c1CCCC2. The van der Waals surface area contributed by atoms with Crippen molar-refractivity contribution in [3.05, 3.63) is 46.2 Å². The van der Waals surface area contributed by atoms with E-state index in [0.29, 0.717) is 16.6 Å². The smallest absolute Gasteiger partial charge is 0.272 e. The number of nitrogens with zero attached hydrogens (tertiary/aromatic N) is 2. The number of hydrogen-bond donors (Lipinski definition) is 1. The van der Waals surface area contributed by atoms with Gasteiger partial charge >= 0.3 is 0 Å². The Balaban J connectivity index is 1.50. The number of halogens is 1. The van der Waals surface area contributed by atoms with E-state index in [1.54, 1.807) is 0 Å². The summed E-state index contributed by atoms with van der Waals surface area (Å²) < 4.78 is 1.97. The highest BCUT2D eigenvalue weighted by Gasteiger charge is 2.59. The Morgan fingerprint density at radius 2 is 1.90 bits per heavy atom. The lowest BCUT2D eigenvalue weighted by atomic mass is 9.68. The first kappa shape index (κ1) is 19.2. The molecule has 2 aromatic rings. The summed E-state index contributed by atoms with van der Waals surface area (Å²) in [4.78, 5) is 13.5. The molecule has 1 N–H and O–H groups in total. The van der Waals surface area contributed by atoms with E-state index in [0.717, 1.165) is 36.9 Å². The van der Waals surface area contributed by atoms with E-state index in [4.69, 9.17) is 16.7 Å². The van der Waals surface area contributed by atoms with E-state index < -0.39 is 0 Å². The van der Waals surface area contributed by atoms with Crippen LogP contribution in [0.4, 0.5) is 0 Å². The summed E-state index contributed by atoms with van der Waals surface area (Å²) in [6.45, 7) is 7.01. The summed E-state index contributed by atoms with van der Waals surface area (Å²) in [6, 6.07) is 7.93. The number of hydrogen-bond acceptors (Lipinski definition) is 2. The van der Waals surface area contributed by atoms with Crippen molar-refractivity contribution in [1.82, 2.24) is 15.1 Å². The van der Waals surface area contributed by atoms with Gasteiger partial charge in [0.15, 0.2) is 5.69 Å². The molecule has 0 spiro atoms. The normalized spacial score (nSPS) is 29.7. The van der Waals surface area contributed by atoms with Gasteiger partial charge in [0.1, 0.15) is 0 Å². The van der Waals surface area contributed by atoms with Gasteiger partial charge in [0.05, 0.1) is 5.69 Å². The van der Waals surface area contributed by atoms with Crippen LogP contribution in [0.5, 0.6) is 0 Å². The van der Waals surface area contributed by atoms with Crippen molar-refractivity contribution >= 4 is 17.5 Å². The number of nitrogens with one attached hydrogen (secondary N) is 1. The highest BCUT2D eigenvalue weighted by molar-refractivity contribution is 6.30. The van der Waals surface area contributed by atoms with Crippen LogP contribution >= 0.6 is 11.6 Å². The third-order valence-electron chi connectivity index (χ3n) is 8.01. The molecule has 3 aliphatic carbocycles. The first-order valence-corrected chi connectivity index (χ1v) is 11.3. The van der Waals surface area contributed by atoms with Gasteiger partial charge in [-0.05, 0) is 86.0 Å². The van der Waals surface area contributed by atoms with Crippen molar-refractivity contribution in [2.24, 2.45) is 16.7 Å². The van der Waals surface area contributed by atoms with Crippen LogP contribution in [0, 0.1) is 16.7 Å². The molecule has 2 saturated carbocycles. The monoisotopic (exact) mass is 411 g/mol. The Bertz CT molecular complexity index is 956. The third kappa shape index (κ3) is 2.94. The summed E-state index contributed by atoms with van der Waals surface area (Å²) in [5.41, 5.74) is 4.26. The molecular weight excluding hydrogens is 382 g/mol. The molecule has 5 heteroatoms. The van der Waals surface area contributed by atoms with Crippen LogP contribution in [0.25, 0.3) is 5.69 Å². The largest absolute Gasteiger partial charge is 0.347 e. The molecule has 154 valence electrons. The van der Waals surface area contributed by atoms with Crippen LogP contribution < -0.4 is 5.32 Å². The van der Waals surface area contributed by atoms with E-state index in [-0.39, 0.29) is 22.8 Å². The molecule has 1 amide bonds. The molecule has 4 nitrogen and oxygen atoms in total. The number of rotatable bonds is 3. The summed E-state index contributed by atoms with van der Waals surface area (Å²) in [7, 11) is 0. The molecule has 2 fully saturated rings. The maximum atomic E-state index is 13.5. The lowest BCUT2D eigenvalue weighted by Gasteiger charge is -2.43. The zero-order chi connectivity index (χ0) is 20.4. The topological polar surface area (TPSA) is 46.9 Å². The highest BCUT2D eigenvalue weighted by atomic mass is 35.5. The van der Waals surface area contributed by atoms with E-state index in [9.17, 15) is 4.79 Å². The van der Waals surface area contributed by atoms with Gasteiger partial charge in [-0.15, -0.1) is 0 Å². The average Bonchev–Trinajstić information content (AvgIpc) is 3.33. The Hall–Kier alpha value is -1.81. The summed E-state index contributed by atoms with van der Waals surface area (Å²) >= 11 is 6.07. The molecule has 1 aromatic carbocycles. The Morgan fingerprint density at radius 1 is 1.17 bits per heavy atom. The predicted octanol–water partition coefficient (Wildman–Crippen LogP) is 5.35. The van der Waals surface area contributed by atoms with Crippen molar-refractivity contribution in [2.45, 2.75) is 71.8 Å². The van der Waals surface area contributed by atoms with Crippen molar-refractivity contribution in [2.75, 3.05) is 0 Å². The lowest BCUT2D eigenvalue weighted by Crippen LogP contribution is -2.52. The van der Waals surface area contributed by atoms with Crippen LogP contribution in [-0.4, -0.2) is 21.7 Å². The molecule has 3 aliphatic rings. The zero-order valence-corrected chi connectivity index (χ0v) is 18.4. The summed E-state index contributed by atoms with van der Waals surface area (Å²) in [6.07, 6.45) is 7.88. The second-order valence-electron chi connectivity index (χ2n) is 10.2. The Morgan fingerprint density at radius 3 is 2.59 bits per heavy atom. The van der Waals surface area contributed by atoms with Gasteiger partial charge in [-0.1, -0.05) is 32.4 Å². The molecule has 5 rings (SSSR count). The summed E-state index contributed by atoms with van der Waals surface area (Å²) in [5, 5.41) is 8.98. The molecule has 0 saturated heterocycles. The van der Waals surface area contributed by atoms with Crippen molar-refractivity contribution in [1.29, 1.82) is 0 Å². The number of amides is 1. The van der Waals surface area contributed by atoms with Crippen molar-refractivity contribution in [3.63, 3.8) is 0 Å². The van der Waals surface area contributed by atoms with Gasteiger partial charge in [-0.3, -0.25) is 4.79 Å². The minimum absolute atomic E-state index is 0.00251. The standard InChI is InChI=1S/C24H30ClN3O/c1-23(2)15-12-13-24(3,14-15)22(23)26-21(29)20-18-6-4-5-7-19(18)28(27-20)17-10-8-16(25)9-11-17/h8-11,15,22H,4-7,12-14H2,1-3H3,(H,26,29). The molecule has 2 bridgehead atoms. The van der Waals surface area contributed by atoms with Gasteiger partial charge in [0.25, 0.3) is 5.91 Å². The predicted molar refractivity (Wildman–Crippen MR) is 116 cm³/mol. The first-order valence-electron chi connectivity index (χ1n) is 11.0. The zero-order valence-electron chi connectivity index (χ0n) is 17.6. The second-order valence-corrected chi connectivity index (χ2v) is 10.6. The highest BCUT2D eigenvalue weighted by Crippen LogP contribution is 2.62. The molecule has 3 unspecified atom stereocenters. The van der Waals surface area contributed by atoms with Gasteiger partial charge in [-0.25, -0.2) is 4.68 Å². The Labute approximate surface area is 178 Å². The quantitative estimate of drug-likeness (QED) is 0.740. The molecule has 1 heterocycles. The third-order valence-corrected chi connectivity index (χ3v) is 8.26. The molecule has 0 radical (unpaired) electrons. The van der Waals surface area contributed by atoms with Crippen molar-refractivity contribution < 1.29 is 4.79 Å². The average molecular weight is 412 g/mol. The minimum Gasteiger partial charge on any atom is -0.347 e. The van der Waals surface area contributed by atoms with Crippen LogP contribution in [0.2, 0.25) is 5.02 Å². The summed E-state index contributed by atoms with van der Waals surface area (Å²) in [5.74, 6) is 0.709. The molecule has 1 aromatic heterocycles. The molecule has 0 aliphatic heterocycles. The fourth-order valence-electron chi connectivity index (χ4n) is 6.44. The van der Waals surface area contributed by atoms with Crippen LogP contribution in [0.15, 0.2) is 24.3 Å². The maximum absolute atomic E-state index is 13.5. The lowest BCUT2D eigenvalue weighted by molar-refractivity contribution is 0.0732. The fourth-order valence-corrected chi connectivity index (χ4v) is 6.56. The number of fused-ring (bicyclic) bond motifs is 3. The van der Waals surface area contributed by atoms with Gasteiger partial charge < -0.3 is 5.32 Å². The fraction of sp³-hybridized carbons (Fsp3) is 0.583. The van der Waals surface area contributed by atoms with Crippen LogP contribution in [0.3, 0.4) is 0 Å². The second kappa shape index (κ2) is 6.60. The van der Waals surface area contributed by atoms with Crippen molar-refractivity contribution in [3.8, 4) is 5.69 Å². The molecule has 3 atom stereocenters. The number of benzene rings is 1. The number of carbonyl (C=O) groups is 1. The van der Waals surface area contributed by atoms with Crippen LogP contribution in [-0.2, 0) is 12.8 Å². The van der Waals surface area contributed by atoms with E-state index in [1.165, 1.54) is 25.0 Å². The van der Waals surface area contributed by atoms with E-state index >= 15 is 0 Å². The Kier molecular flexibility index (Phi) is 4.36.